The molecule has 0 saturated heterocycles. The first-order valence-electron chi connectivity index (χ1n) is 9.00. The van der Waals surface area contributed by atoms with Gasteiger partial charge in [-0.15, -0.1) is 0 Å². The molecule has 0 fully saturated rings. The molecule has 0 radical (unpaired) electrons. The van der Waals surface area contributed by atoms with Gasteiger partial charge >= 0.3 is 0 Å². The average Bonchev–Trinajstić information content (AvgIpc) is 2.48. The summed E-state index contributed by atoms with van der Waals surface area (Å²) in [7, 11) is 0. The lowest BCUT2D eigenvalue weighted by Gasteiger charge is -2.47. The second-order valence-electron chi connectivity index (χ2n) is 8.38. The van der Waals surface area contributed by atoms with Crippen LogP contribution in [0.25, 0.3) is 0 Å². The van der Waals surface area contributed by atoms with Crippen LogP contribution in [-0.4, -0.2) is 5.78 Å². The zero-order chi connectivity index (χ0) is 16.1. The maximum absolute atomic E-state index is 12.3. The van der Waals surface area contributed by atoms with Crippen LogP contribution in [0.15, 0.2) is 34.9 Å². The minimum absolute atomic E-state index is 0.227. The van der Waals surface area contributed by atoms with E-state index in [2.05, 4.69) is 46.8 Å². The van der Waals surface area contributed by atoms with Crippen molar-refractivity contribution >= 4 is 5.78 Å². The van der Waals surface area contributed by atoms with Crippen molar-refractivity contribution in [1.29, 1.82) is 0 Å². The molecule has 0 spiro atoms. The minimum atomic E-state index is -0.227. The Hall–Kier alpha value is -1.11. The lowest BCUT2D eigenvalue weighted by atomic mass is 9.57. The highest BCUT2D eigenvalue weighted by Crippen LogP contribution is 2.54. The van der Waals surface area contributed by atoms with Crippen LogP contribution in [0.5, 0.6) is 0 Å². The van der Waals surface area contributed by atoms with E-state index in [9.17, 15) is 4.79 Å². The molecule has 0 aromatic heterocycles. The smallest absolute Gasteiger partial charge is 0.161 e. The molecule has 22 heavy (non-hydrogen) atoms. The van der Waals surface area contributed by atoms with Gasteiger partial charge in [-0.05, 0) is 65.7 Å². The summed E-state index contributed by atoms with van der Waals surface area (Å²) in [5.41, 5.74) is 4.49. The fourth-order valence-corrected chi connectivity index (χ4v) is 4.92. The van der Waals surface area contributed by atoms with Gasteiger partial charge < -0.3 is 0 Å². The number of hydrogen-bond acceptors (Lipinski definition) is 1. The highest BCUT2D eigenvalue weighted by Gasteiger charge is 2.44. The lowest BCUT2D eigenvalue weighted by Crippen LogP contribution is -2.38. The van der Waals surface area contributed by atoms with Crippen molar-refractivity contribution in [2.45, 2.75) is 66.7 Å². The van der Waals surface area contributed by atoms with Crippen LogP contribution >= 0.6 is 0 Å². The molecule has 1 heteroatoms. The van der Waals surface area contributed by atoms with Crippen molar-refractivity contribution in [3.05, 3.63) is 34.9 Å². The first-order valence-corrected chi connectivity index (χ1v) is 9.00. The molecule has 120 valence electrons. The van der Waals surface area contributed by atoms with Crippen molar-refractivity contribution in [1.82, 2.24) is 0 Å². The van der Waals surface area contributed by atoms with Gasteiger partial charge in [0.25, 0.3) is 0 Å². The number of rotatable bonds is 2. The summed E-state index contributed by atoms with van der Waals surface area (Å²) in [6.07, 6.45) is 12.5. The van der Waals surface area contributed by atoms with Crippen LogP contribution in [0, 0.1) is 22.7 Å². The number of hydrogen-bond donors (Lipinski definition) is 0. The number of carbonyl (C=O) groups is 1. The summed E-state index contributed by atoms with van der Waals surface area (Å²) in [6, 6.07) is 0. The standard InChI is InChI=1S/C21H30O/c1-6-18-16-9-8-14-12-19(22)20(3,4)13-17(14)15(16)10-11-21(18,5)7-2/h10-12,16,18H,6-9,13H2,1-5H3/t16-,18?,21?/m1/s1. The van der Waals surface area contributed by atoms with E-state index >= 15 is 0 Å². The summed E-state index contributed by atoms with van der Waals surface area (Å²) in [5.74, 6) is 1.75. The van der Waals surface area contributed by atoms with E-state index in [1.54, 1.807) is 5.57 Å². The molecule has 1 nitrogen and oxygen atoms in total. The SMILES string of the molecule is CCC1[C@@H]2CCC3=CC(=O)C(C)(C)CC3=C2C=CC1(C)CC. The molecule has 3 aliphatic carbocycles. The Morgan fingerprint density at radius 2 is 1.95 bits per heavy atom. The van der Waals surface area contributed by atoms with Gasteiger partial charge in [0, 0.05) is 5.41 Å². The molecule has 0 aliphatic heterocycles. The van der Waals surface area contributed by atoms with Crippen LogP contribution in [0.2, 0.25) is 0 Å². The second-order valence-corrected chi connectivity index (χ2v) is 8.38. The highest BCUT2D eigenvalue weighted by molar-refractivity contribution is 5.97. The number of allylic oxidation sites excluding steroid dienone is 6. The van der Waals surface area contributed by atoms with Crippen molar-refractivity contribution in [2.75, 3.05) is 0 Å². The molecule has 0 saturated carbocycles. The minimum Gasteiger partial charge on any atom is -0.294 e. The average molecular weight is 298 g/mol. The highest BCUT2D eigenvalue weighted by atomic mass is 16.1. The summed E-state index contributed by atoms with van der Waals surface area (Å²) in [4.78, 5) is 12.3. The molecule has 2 unspecified atom stereocenters. The monoisotopic (exact) mass is 298 g/mol. The van der Waals surface area contributed by atoms with Crippen molar-refractivity contribution in [2.24, 2.45) is 22.7 Å². The molecule has 3 atom stereocenters. The molecular weight excluding hydrogens is 268 g/mol. The van der Waals surface area contributed by atoms with Crippen LogP contribution in [0.4, 0.5) is 0 Å². The Balaban J connectivity index is 2.11. The quantitative estimate of drug-likeness (QED) is 0.645. The van der Waals surface area contributed by atoms with Crippen molar-refractivity contribution < 1.29 is 4.79 Å². The van der Waals surface area contributed by atoms with Gasteiger partial charge in [0.15, 0.2) is 5.78 Å². The summed E-state index contributed by atoms with van der Waals surface area (Å²) < 4.78 is 0. The summed E-state index contributed by atoms with van der Waals surface area (Å²) in [5, 5.41) is 0. The van der Waals surface area contributed by atoms with E-state index in [1.165, 1.54) is 30.4 Å². The zero-order valence-electron chi connectivity index (χ0n) is 14.8. The fraction of sp³-hybridized carbons (Fsp3) is 0.667. The van der Waals surface area contributed by atoms with Crippen molar-refractivity contribution in [3.63, 3.8) is 0 Å². The Morgan fingerprint density at radius 1 is 1.23 bits per heavy atom. The Labute approximate surface area is 135 Å². The first-order chi connectivity index (χ1) is 10.3. The van der Waals surface area contributed by atoms with E-state index in [1.807, 2.05) is 6.08 Å². The third-order valence-electron chi connectivity index (χ3n) is 6.63. The predicted molar refractivity (Wildman–Crippen MR) is 92.6 cm³/mol. The number of carbonyl (C=O) groups excluding carboxylic acids is 1. The molecule has 0 aromatic rings. The molecule has 3 aliphatic rings. The molecule has 0 aromatic carbocycles. The van der Waals surface area contributed by atoms with E-state index in [-0.39, 0.29) is 5.41 Å². The van der Waals surface area contributed by atoms with E-state index in [0.29, 0.717) is 17.1 Å². The Morgan fingerprint density at radius 3 is 2.59 bits per heavy atom. The van der Waals surface area contributed by atoms with Gasteiger partial charge in [0.1, 0.15) is 0 Å². The maximum Gasteiger partial charge on any atom is 0.161 e. The second kappa shape index (κ2) is 5.22. The van der Waals surface area contributed by atoms with Crippen LogP contribution in [0.1, 0.15) is 66.7 Å². The van der Waals surface area contributed by atoms with E-state index < -0.39 is 0 Å². The molecule has 0 heterocycles. The van der Waals surface area contributed by atoms with Gasteiger partial charge in [0.2, 0.25) is 0 Å². The molecule has 3 rings (SSSR count). The third kappa shape index (κ3) is 2.25. The molecule has 0 amide bonds. The number of ketones is 1. The fourth-order valence-electron chi connectivity index (χ4n) is 4.92. The Kier molecular flexibility index (Phi) is 3.74. The normalized spacial score (nSPS) is 36.8. The molecule has 0 N–H and O–H groups in total. The van der Waals surface area contributed by atoms with Gasteiger partial charge in [-0.25, -0.2) is 0 Å². The van der Waals surface area contributed by atoms with Gasteiger partial charge in [0.05, 0.1) is 0 Å². The van der Waals surface area contributed by atoms with Crippen molar-refractivity contribution in [3.8, 4) is 0 Å². The third-order valence-corrected chi connectivity index (χ3v) is 6.63. The zero-order valence-corrected chi connectivity index (χ0v) is 14.8. The number of fused-ring (bicyclic) bond motifs is 2. The lowest BCUT2D eigenvalue weighted by molar-refractivity contribution is -0.122. The van der Waals surface area contributed by atoms with Gasteiger partial charge in [-0.1, -0.05) is 53.2 Å². The summed E-state index contributed by atoms with van der Waals surface area (Å²) >= 11 is 0. The first kappa shape index (κ1) is 15.8. The van der Waals surface area contributed by atoms with Crippen LogP contribution < -0.4 is 0 Å². The predicted octanol–water partition coefficient (Wildman–Crippen LogP) is 5.63. The Bertz CT molecular complexity index is 587. The van der Waals surface area contributed by atoms with Crippen LogP contribution in [0.3, 0.4) is 0 Å². The maximum atomic E-state index is 12.3. The largest absolute Gasteiger partial charge is 0.294 e. The van der Waals surface area contributed by atoms with Gasteiger partial charge in [-0.3, -0.25) is 4.79 Å². The molecular formula is C21H30O. The summed E-state index contributed by atoms with van der Waals surface area (Å²) in [6.45, 7) is 11.3. The topological polar surface area (TPSA) is 17.1 Å². The van der Waals surface area contributed by atoms with Crippen LogP contribution in [-0.2, 0) is 4.79 Å². The van der Waals surface area contributed by atoms with E-state index in [0.717, 1.165) is 18.8 Å². The van der Waals surface area contributed by atoms with Gasteiger partial charge in [-0.2, -0.15) is 0 Å². The molecule has 0 bridgehead atoms. The van der Waals surface area contributed by atoms with E-state index in [4.69, 9.17) is 0 Å².